The molecule has 88 valence electrons. The van der Waals surface area contributed by atoms with Crippen molar-refractivity contribution >= 4 is 5.76 Å². The number of aliphatic hydroxyl groups is 1. The van der Waals surface area contributed by atoms with Gasteiger partial charge in [0.05, 0.1) is 20.8 Å². The molecule has 0 atom stereocenters. The van der Waals surface area contributed by atoms with Crippen molar-refractivity contribution in [3.05, 3.63) is 29.8 Å². The zero-order valence-corrected chi connectivity index (χ0v) is 9.69. The van der Waals surface area contributed by atoms with Crippen molar-refractivity contribution < 1.29 is 19.3 Å². The zero-order chi connectivity index (χ0) is 12.0. The standard InChI is InChI=1S/C12H16O4/c1-14-7-6-10(13)9-4-5-11(15-2)12(8-9)16-3/h4-6,8,13H,7H2,1-3H3. The van der Waals surface area contributed by atoms with E-state index in [1.54, 1.807) is 45.6 Å². The largest absolute Gasteiger partial charge is 0.508 e. The summed E-state index contributed by atoms with van der Waals surface area (Å²) in [5.74, 6) is 1.37. The summed E-state index contributed by atoms with van der Waals surface area (Å²) in [6.45, 7) is 0.361. The van der Waals surface area contributed by atoms with E-state index in [1.165, 1.54) is 0 Å². The fourth-order valence-electron chi connectivity index (χ4n) is 1.28. The first-order valence-corrected chi connectivity index (χ1v) is 4.83. The number of rotatable bonds is 5. The third kappa shape index (κ3) is 2.90. The van der Waals surface area contributed by atoms with Gasteiger partial charge in [0, 0.05) is 12.7 Å². The molecule has 0 bridgehead atoms. The van der Waals surface area contributed by atoms with Gasteiger partial charge in [-0.2, -0.15) is 0 Å². The Morgan fingerprint density at radius 2 is 1.88 bits per heavy atom. The fraction of sp³-hybridized carbons (Fsp3) is 0.333. The SMILES string of the molecule is COCC=C(O)c1ccc(OC)c(OC)c1. The molecule has 0 saturated heterocycles. The average Bonchev–Trinajstić information content (AvgIpc) is 2.34. The first kappa shape index (κ1) is 12.4. The van der Waals surface area contributed by atoms with Crippen molar-refractivity contribution in [3.8, 4) is 11.5 Å². The highest BCUT2D eigenvalue weighted by atomic mass is 16.5. The number of aliphatic hydroxyl groups excluding tert-OH is 1. The Labute approximate surface area is 95.1 Å². The van der Waals surface area contributed by atoms with Gasteiger partial charge in [0.25, 0.3) is 0 Å². The molecular weight excluding hydrogens is 208 g/mol. The molecule has 0 aliphatic carbocycles. The number of hydrogen-bond donors (Lipinski definition) is 1. The predicted octanol–water partition coefficient (Wildman–Crippen LogP) is 2.25. The molecule has 0 aromatic heterocycles. The maximum Gasteiger partial charge on any atom is 0.161 e. The fourth-order valence-corrected chi connectivity index (χ4v) is 1.28. The van der Waals surface area contributed by atoms with E-state index in [0.717, 1.165) is 0 Å². The van der Waals surface area contributed by atoms with Crippen LogP contribution in [0.1, 0.15) is 5.56 Å². The van der Waals surface area contributed by atoms with Crippen LogP contribution in [0, 0.1) is 0 Å². The third-order valence-corrected chi connectivity index (χ3v) is 2.12. The minimum Gasteiger partial charge on any atom is -0.508 e. The van der Waals surface area contributed by atoms with E-state index in [9.17, 15) is 5.11 Å². The van der Waals surface area contributed by atoms with Gasteiger partial charge in [-0.1, -0.05) is 0 Å². The Hall–Kier alpha value is -1.68. The van der Waals surface area contributed by atoms with Crippen molar-refractivity contribution in [2.75, 3.05) is 27.9 Å². The number of methoxy groups -OCH3 is 3. The Morgan fingerprint density at radius 1 is 1.19 bits per heavy atom. The first-order chi connectivity index (χ1) is 7.72. The molecule has 0 aliphatic rings. The summed E-state index contributed by atoms with van der Waals surface area (Å²) in [5.41, 5.74) is 0.662. The van der Waals surface area contributed by atoms with E-state index in [1.807, 2.05) is 0 Å². The Morgan fingerprint density at radius 3 is 2.44 bits per heavy atom. The van der Waals surface area contributed by atoms with E-state index in [-0.39, 0.29) is 5.76 Å². The second kappa shape index (κ2) is 6.02. The van der Waals surface area contributed by atoms with E-state index >= 15 is 0 Å². The molecular formula is C12H16O4. The second-order valence-electron chi connectivity index (χ2n) is 3.11. The molecule has 0 spiro atoms. The van der Waals surface area contributed by atoms with Crippen LogP contribution >= 0.6 is 0 Å². The van der Waals surface area contributed by atoms with Gasteiger partial charge >= 0.3 is 0 Å². The molecule has 16 heavy (non-hydrogen) atoms. The van der Waals surface area contributed by atoms with Crippen molar-refractivity contribution in [3.63, 3.8) is 0 Å². The highest BCUT2D eigenvalue weighted by Gasteiger charge is 2.06. The van der Waals surface area contributed by atoms with Crippen molar-refractivity contribution in [1.29, 1.82) is 0 Å². The van der Waals surface area contributed by atoms with Crippen LogP contribution in [-0.4, -0.2) is 33.0 Å². The van der Waals surface area contributed by atoms with Gasteiger partial charge in [0.15, 0.2) is 11.5 Å². The topological polar surface area (TPSA) is 47.9 Å². The summed E-state index contributed by atoms with van der Waals surface area (Å²) in [4.78, 5) is 0. The quantitative estimate of drug-likeness (QED) is 0.779. The summed E-state index contributed by atoms with van der Waals surface area (Å²) in [6, 6.07) is 5.20. The Bertz CT molecular complexity index is 371. The van der Waals surface area contributed by atoms with Crippen LogP contribution in [0.3, 0.4) is 0 Å². The van der Waals surface area contributed by atoms with Gasteiger partial charge in [-0.3, -0.25) is 0 Å². The van der Waals surface area contributed by atoms with Crippen LogP contribution in [-0.2, 0) is 4.74 Å². The van der Waals surface area contributed by atoms with Gasteiger partial charge in [0.1, 0.15) is 5.76 Å². The van der Waals surface area contributed by atoms with Gasteiger partial charge in [-0.05, 0) is 24.3 Å². The van der Waals surface area contributed by atoms with Crippen LogP contribution < -0.4 is 9.47 Å². The summed E-state index contributed by atoms with van der Waals surface area (Å²) >= 11 is 0. The summed E-state index contributed by atoms with van der Waals surface area (Å²) < 4.78 is 15.1. The number of ether oxygens (including phenoxy) is 3. The molecule has 0 amide bonds. The van der Waals surface area contributed by atoms with Gasteiger partial charge in [-0.15, -0.1) is 0 Å². The Kier molecular flexibility index (Phi) is 4.66. The molecule has 0 radical (unpaired) electrons. The molecule has 0 unspecified atom stereocenters. The highest BCUT2D eigenvalue weighted by molar-refractivity contribution is 5.62. The second-order valence-corrected chi connectivity index (χ2v) is 3.11. The van der Waals surface area contributed by atoms with Gasteiger partial charge < -0.3 is 19.3 Å². The minimum absolute atomic E-state index is 0.155. The van der Waals surface area contributed by atoms with E-state index < -0.39 is 0 Å². The van der Waals surface area contributed by atoms with E-state index in [4.69, 9.17) is 14.2 Å². The van der Waals surface area contributed by atoms with Crippen LogP contribution in [0.2, 0.25) is 0 Å². The average molecular weight is 224 g/mol. The lowest BCUT2D eigenvalue weighted by Crippen LogP contribution is -1.93. The number of benzene rings is 1. The smallest absolute Gasteiger partial charge is 0.161 e. The molecule has 1 rings (SSSR count). The Balaban J connectivity index is 2.98. The minimum atomic E-state index is 0.155. The molecule has 0 heterocycles. The molecule has 0 saturated carbocycles. The summed E-state index contributed by atoms with van der Waals surface area (Å²) in [6.07, 6.45) is 1.58. The van der Waals surface area contributed by atoms with Crippen molar-refractivity contribution in [1.82, 2.24) is 0 Å². The maximum absolute atomic E-state index is 9.72. The lowest BCUT2D eigenvalue weighted by atomic mass is 10.1. The lowest BCUT2D eigenvalue weighted by molar-refractivity contribution is 0.232. The molecule has 1 aromatic carbocycles. The van der Waals surface area contributed by atoms with Crippen molar-refractivity contribution in [2.24, 2.45) is 0 Å². The summed E-state index contributed by atoms with van der Waals surface area (Å²) in [7, 11) is 4.69. The van der Waals surface area contributed by atoms with Crippen LogP contribution in [0.15, 0.2) is 24.3 Å². The first-order valence-electron chi connectivity index (χ1n) is 4.83. The predicted molar refractivity (Wildman–Crippen MR) is 62.0 cm³/mol. The van der Waals surface area contributed by atoms with Crippen LogP contribution in [0.5, 0.6) is 11.5 Å². The lowest BCUT2D eigenvalue weighted by Gasteiger charge is -2.09. The van der Waals surface area contributed by atoms with Crippen molar-refractivity contribution in [2.45, 2.75) is 0 Å². The molecule has 1 N–H and O–H groups in total. The molecule has 0 fully saturated rings. The highest BCUT2D eigenvalue weighted by Crippen LogP contribution is 2.29. The van der Waals surface area contributed by atoms with E-state index in [2.05, 4.69) is 0 Å². The number of hydrogen-bond acceptors (Lipinski definition) is 4. The van der Waals surface area contributed by atoms with Gasteiger partial charge in [0.2, 0.25) is 0 Å². The third-order valence-electron chi connectivity index (χ3n) is 2.12. The van der Waals surface area contributed by atoms with E-state index in [0.29, 0.717) is 23.7 Å². The van der Waals surface area contributed by atoms with Gasteiger partial charge in [-0.25, -0.2) is 0 Å². The monoisotopic (exact) mass is 224 g/mol. The molecule has 4 heteroatoms. The molecule has 4 nitrogen and oxygen atoms in total. The maximum atomic E-state index is 9.72. The van der Waals surface area contributed by atoms with Crippen LogP contribution in [0.4, 0.5) is 0 Å². The van der Waals surface area contributed by atoms with Crippen LogP contribution in [0.25, 0.3) is 5.76 Å². The molecule has 1 aromatic rings. The zero-order valence-electron chi connectivity index (χ0n) is 9.69. The summed E-state index contributed by atoms with van der Waals surface area (Å²) in [5, 5.41) is 9.72. The normalized spacial score (nSPS) is 11.3. The molecule has 0 aliphatic heterocycles.